The van der Waals surface area contributed by atoms with Gasteiger partial charge in [-0.15, -0.1) is 0 Å². The topological polar surface area (TPSA) is 61.8 Å². The molecule has 2 aliphatic heterocycles. The second-order valence-electron chi connectivity index (χ2n) is 3.25. The van der Waals surface area contributed by atoms with Gasteiger partial charge in [-0.3, -0.25) is 14.9 Å². The van der Waals surface area contributed by atoms with Crippen molar-refractivity contribution in [1.82, 2.24) is 10.2 Å². The molecule has 2 aliphatic rings. The van der Waals surface area contributed by atoms with E-state index in [0.29, 0.717) is 5.96 Å². The summed E-state index contributed by atoms with van der Waals surface area (Å²) < 4.78 is 0. The number of carbonyl (C=O) groups is 2. The number of carbonyl (C=O) groups excluding carboxylic acids is 2. The van der Waals surface area contributed by atoms with E-state index in [1.165, 1.54) is 0 Å². The summed E-state index contributed by atoms with van der Waals surface area (Å²) in [4.78, 5) is 27.7. The quantitative estimate of drug-likeness (QED) is 0.512. The van der Waals surface area contributed by atoms with Gasteiger partial charge in [0.15, 0.2) is 0 Å². The maximum atomic E-state index is 11.0. The molecule has 0 saturated carbocycles. The van der Waals surface area contributed by atoms with Crippen molar-refractivity contribution in [2.24, 2.45) is 4.99 Å². The van der Waals surface area contributed by atoms with Gasteiger partial charge in [-0.05, 0) is 12.8 Å². The van der Waals surface area contributed by atoms with Crippen LogP contribution in [0.25, 0.3) is 0 Å². The molecule has 0 bridgehead atoms. The molecule has 1 fully saturated rings. The van der Waals surface area contributed by atoms with Crippen molar-refractivity contribution in [3.8, 4) is 0 Å². The summed E-state index contributed by atoms with van der Waals surface area (Å²) >= 11 is 0. The van der Waals surface area contributed by atoms with Crippen molar-refractivity contribution in [3.63, 3.8) is 0 Å². The molecule has 13 heavy (non-hydrogen) atoms. The third kappa shape index (κ3) is 1.68. The Morgan fingerprint density at radius 3 is 2.54 bits per heavy atom. The first-order chi connectivity index (χ1) is 6.25. The number of hydrogen-bond acceptors (Lipinski definition) is 3. The van der Waals surface area contributed by atoms with Crippen LogP contribution < -0.4 is 5.32 Å². The van der Waals surface area contributed by atoms with Crippen molar-refractivity contribution in [1.29, 1.82) is 0 Å². The lowest BCUT2D eigenvalue weighted by molar-refractivity contribution is -0.127. The number of amides is 2. The number of hydrogen-bond donors (Lipinski definition) is 1. The minimum Gasteiger partial charge on any atom is -0.342 e. The highest BCUT2D eigenvalue weighted by Gasteiger charge is 2.24. The molecule has 0 unspecified atom stereocenters. The molecule has 5 heteroatoms. The zero-order valence-electron chi connectivity index (χ0n) is 7.25. The Balaban J connectivity index is 2.12. The van der Waals surface area contributed by atoms with Gasteiger partial charge in [0.05, 0.1) is 0 Å². The summed E-state index contributed by atoms with van der Waals surface area (Å²) in [6, 6.07) is 0. The maximum Gasteiger partial charge on any atom is 0.258 e. The third-order valence-electron chi connectivity index (χ3n) is 2.20. The first-order valence-electron chi connectivity index (χ1n) is 4.42. The molecule has 0 aromatic rings. The van der Waals surface area contributed by atoms with Crippen LogP contribution in [0.2, 0.25) is 0 Å². The van der Waals surface area contributed by atoms with Crippen LogP contribution in [-0.4, -0.2) is 35.8 Å². The van der Waals surface area contributed by atoms with Gasteiger partial charge in [0.25, 0.3) is 5.91 Å². The zero-order valence-corrected chi connectivity index (χ0v) is 7.25. The van der Waals surface area contributed by atoms with Crippen molar-refractivity contribution in [3.05, 3.63) is 0 Å². The molecule has 1 N–H and O–H groups in total. The van der Waals surface area contributed by atoms with E-state index in [1.54, 1.807) is 0 Å². The molecule has 70 valence electrons. The van der Waals surface area contributed by atoms with Crippen LogP contribution in [0, 0.1) is 0 Å². The smallest absolute Gasteiger partial charge is 0.258 e. The van der Waals surface area contributed by atoms with Gasteiger partial charge in [0.1, 0.15) is 6.42 Å². The van der Waals surface area contributed by atoms with Crippen molar-refractivity contribution >= 4 is 17.8 Å². The predicted octanol–water partition coefficient (Wildman–Crippen LogP) is -0.515. The predicted molar refractivity (Wildman–Crippen MR) is 46.0 cm³/mol. The van der Waals surface area contributed by atoms with Crippen LogP contribution in [0.1, 0.15) is 19.3 Å². The molecule has 0 radical (unpaired) electrons. The van der Waals surface area contributed by atoms with Crippen molar-refractivity contribution < 1.29 is 9.59 Å². The summed E-state index contributed by atoms with van der Waals surface area (Å²) in [5.41, 5.74) is 0. The highest BCUT2D eigenvalue weighted by atomic mass is 16.2. The second-order valence-corrected chi connectivity index (χ2v) is 3.25. The molecule has 1 saturated heterocycles. The summed E-state index contributed by atoms with van der Waals surface area (Å²) in [5, 5.41) is 2.60. The number of nitrogens with zero attached hydrogens (tertiary/aromatic N) is 2. The zero-order chi connectivity index (χ0) is 9.26. The molecule has 2 amide bonds. The van der Waals surface area contributed by atoms with Crippen LogP contribution in [0.4, 0.5) is 0 Å². The Kier molecular flexibility index (Phi) is 2.00. The van der Waals surface area contributed by atoms with Gasteiger partial charge < -0.3 is 4.90 Å². The van der Waals surface area contributed by atoms with E-state index in [0.717, 1.165) is 25.9 Å². The van der Waals surface area contributed by atoms with Gasteiger partial charge in [-0.1, -0.05) is 0 Å². The van der Waals surface area contributed by atoms with Crippen molar-refractivity contribution in [2.45, 2.75) is 19.3 Å². The largest absolute Gasteiger partial charge is 0.342 e. The lowest BCUT2D eigenvalue weighted by atomic mass is 10.3. The number of rotatable bonds is 0. The third-order valence-corrected chi connectivity index (χ3v) is 2.20. The Morgan fingerprint density at radius 2 is 1.92 bits per heavy atom. The highest BCUT2D eigenvalue weighted by molar-refractivity contribution is 6.13. The minimum absolute atomic E-state index is 0.114. The van der Waals surface area contributed by atoms with Crippen molar-refractivity contribution in [2.75, 3.05) is 13.1 Å². The van der Waals surface area contributed by atoms with E-state index in [-0.39, 0.29) is 18.2 Å². The van der Waals surface area contributed by atoms with Gasteiger partial charge in [-0.25, -0.2) is 0 Å². The van der Waals surface area contributed by atoms with Crippen LogP contribution in [-0.2, 0) is 9.59 Å². The standard InChI is InChI=1S/C8H11N3O2/c12-6-5-7(13)10-8(9-6)11-3-1-2-4-11/h1-5H2,(H,9,10,12,13). The van der Waals surface area contributed by atoms with Gasteiger partial charge in [0.2, 0.25) is 11.9 Å². The fourth-order valence-electron chi connectivity index (χ4n) is 1.57. The molecule has 5 nitrogen and oxygen atoms in total. The molecular formula is C8H11N3O2. The molecule has 2 rings (SSSR count). The fourth-order valence-corrected chi connectivity index (χ4v) is 1.57. The SMILES string of the molecule is O=C1CC(=O)NC(N2CCCC2)=N1. The second kappa shape index (κ2) is 3.16. The number of guanidine groups is 1. The number of likely N-dealkylation sites (tertiary alicyclic amines) is 1. The average Bonchev–Trinajstić information content (AvgIpc) is 2.53. The molecular weight excluding hydrogens is 170 g/mol. The fraction of sp³-hybridized carbons (Fsp3) is 0.625. The molecule has 0 spiro atoms. The van der Waals surface area contributed by atoms with Crippen LogP contribution in [0.15, 0.2) is 4.99 Å². The van der Waals surface area contributed by atoms with Gasteiger partial charge >= 0.3 is 0 Å². The molecule has 0 aromatic heterocycles. The Morgan fingerprint density at radius 1 is 1.23 bits per heavy atom. The van der Waals surface area contributed by atoms with E-state index in [1.807, 2.05) is 4.90 Å². The summed E-state index contributed by atoms with van der Waals surface area (Å²) in [6.07, 6.45) is 2.09. The lowest BCUT2D eigenvalue weighted by Gasteiger charge is -2.22. The van der Waals surface area contributed by atoms with Crippen LogP contribution in [0.3, 0.4) is 0 Å². The monoisotopic (exact) mass is 181 g/mol. The Labute approximate surface area is 75.8 Å². The van der Waals surface area contributed by atoms with E-state index in [4.69, 9.17) is 0 Å². The minimum atomic E-state index is -0.342. The average molecular weight is 181 g/mol. The lowest BCUT2D eigenvalue weighted by Crippen LogP contribution is -2.46. The van der Waals surface area contributed by atoms with E-state index in [9.17, 15) is 9.59 Å². The van der Waals surface area contributed by atoms with Gasteiger partial charge in [0, 0.05) is 13.1 Å². The Bertz CT molecular complexity index is 279. The van der Waals surface area contributed by atoms with E-state index in [2.05, 4.69) is 10.3 Å². The van der Waals surface area contributed by atoms with Gasteiger partial charge in [-0.2, -0.15) is 4.99 Å². The number of aliphatic imine (C=N–C) groups is 1. The Hall–Kier alpha value is -1.39. The molecule has 0 atom stereocenters. The normalized spacial score (nSPS) is 23.1. The summed E-state index contributed by atoms with van der Waals surface area (Å²) in [7, 11) is 0. The summed E-state index contributed by atoms with van der Waals surface area (Å²) in [5.74, 6) is -0.147. The van der Waals surface area contributed by atoms with E-state index >= 15 is 0 Å². The molecule has 0 aromatic carbocycles. The molecule has 0 aliphatic carbocycles. The highest BCUT2D eigenvalue weighted by Crippen LogP contribution is 2.09. The maximum absolute atomic E-state index is 11.0. The first kappa shape index (κ1) is 8.22. The number of nitrogens with one attached hydrogen (secondary N) is 1. The summed E-state index contributed by atoms with van der Waals surface area (Å²) in [6.45, 7) is 1.76. The first-order valence-corrected chi connectivity index (χ1v) is 4.42. The molecule has 2 heterocycles. The van der Waals surface area contributed by atoms with E-state index < -0.39 is 0 Å². The van der Waals surface area contributed by atoms with Crippen LogP contribution in [0.5, 0.6) is 0 Å². The van der Waals surface area contributed by atoms with Crippen LogP contribution >= 0.6 is 0 Å².